The van der Waals surface area contributed by atoms with Crippen molar-refractivity contribution < 1.29 is 19.1 Å². The van der Waals surface area contributed by atoms with Gasteiger partial charge in [0.25, 0.3) is 0 Å². The number of likely N-dealkylation sites (tertiary alicyclic amines) is 1. The summed E-state index contributed by atoms with van der Waals surface area (Å²) in [4.78, 5) is 36.8. The van der Waals surface area contributed by atoms with E-state index in [1.807, 2.05) is 20.8 Å². The Bertz CT molecular complexity index is 423. The number of ether oxygens (including phenoxy) is 1. The van der Waals surface area contributed by atoms with Gasteiger partial charge in [-0.25, -0.2) is 4.79 Å². The summed E-state index contributed by atoms with van der Waals surface area (Å²) in [6.07, 6.45) is -0.335. The van der Waals surface area contributed by atoms with Gasteiger partial charge in [-0.2, -0.15) is 0 Å². The summed E-state index contributed by atoms with van der Waals surface area (Å²) in [6.45, 7) is 6.96. The Morgan fingerprint density at radius 3 is 2.50 bits per heavy atom. The predicted octanol–water partition coefficient (Wildman–Crippen LogP) is 0.715. The van der Waals surface area contributed by atoms with Crippen LogP contribution in [0.3, 0.4) is 0 Å². The Labute approximate surface area is 135 Å². The standard InChI is InChI=1S/C14H24ClN3O4/c1-14(2,3)18-9-10(8-11(18)19)12(20)16-5-6-17-13(21)22-7-4-15/h10H,4-9H2,1-3H3,(H,16,20)(H,17,21). The Hall–Kier alpha value is -1.50. The van der Waals surface area contributed by atoms with E-state index in [0.717, 1.165) is 0 Å². The first-order chi connectivity index (χ1) is 10.3. The van der Waals surface area contributed by atoms with Crippen LogP contribution in [-0.2, 0) is 14.3 Å². The largest absolute Gasteiger partial charge is 0.448 e. The maximum absolute atomic E-state index is 12.0. The maximum atomic E-state index is 12.0. The molecule has 0 aromatic carbocycles. The normalized spacial score (nSPS) is 18.3. The molecule has 8 heteroatoms. The second kappa shape index (κ2) is 8.22. The van der Waals surface area contributed by atoms with Gasteiger partial charge < -0.3 is 20.3 Å². The van der Waals surface area contributed by atoms with Gasteiger partial charge in [0, 0.05) is 31.6 Å². The second-order valence-corrected chi connectivity index (χ2v) is 6.50. The first-order valence-electron chi connectivity index (χ1n) is 7.30. The third-order valence-corrected chi connectivity index (χ3v) is 3.46. The summed E-state index contributed by atoms with van der Waals surface area (Å²) in [5, 5.41) is 5.21. The zero-order valence-corrected chi connectivity index (χ0v) is 14.0. The molecule has 7 nitrogen and oxygen atoms in total. The number of carbonyl (C=O) groups excluding carboxylic acids is 3. The van der Waals surface area contributed by atoms with Crippen LogP contribution in [0, 0.1) is 5.92 Å². The molecular formula is C14H24ClN3O4. The van der Waals surface area contributed by atoms with Gasteiger partial charge in [0.2, 0.25) is 11.8 Å². The van der Waals surface area contributed by atoms with Gasteiger partial charge in [-0.3, -0.25) is 9.59 Å². The minimum absolute atomic E-state index is 0.00423. The molecular weight excluding hydrogens is 310 g/mol. The third kappa shape index (κ3) is 5.71. The van der Waals surface area contributed by atoms with Crippen molar-refractivity contribution in [1.29, 1.82) is 0 Å². The first-order valence-corrected chi connectivity index (χ1v) is 7.84. The quantitative estimate of drug-likeness (QED) is 0.553. The number of alkyl carbamates (subject to hydrolysis) is 1. The minimum Gasteiger partial charge on any atom is -0.448 e. The molecule has 0 saturated carbocycles. The molecule has 1 unspecified atom stereocenters. The van der Waals surface area contributed by atoms with Gasteiger partial charge in [0.15, 0.2) is 0 Å². The van der Waals surface area contributed by atoms with Crippen molar-refractivity contribution in [3.8, 4) is 0 Å². The van der Waals surface area contributed by atoms with E-state index in [9.17, 15) is 14.4 Å². The van der Waals surface area contributed by atoms with Crippen molar-refractivity contribution in [1.82, 2.24) is 15.5 Å². The van der Waals surface area contributed by atoms with Crippen molar-refractivity contribution >= 4 is 29.5 Å². The van der Waals surface area contributed by atoms with E-state index in [-0.39, 0.29) is 55.3 Å². The van der Waals surface area contributed by atoms with Crippen LogP contribution in [-0.4, -0.2) is 60.5 Å². The minimum atomic E-state index is -0.565. The van der Waals surface area contributed by atoms with Crippen LogP contribution in [0.4, 0.5) is 4.79 Å². The highest BCUT2D eigenvalue weighted by Crippen LogP contribution is 2.25. The molecule has 1 atom stereocenters. The van der Waals surface area contributed by atoms with E-state index < -0.39 is 6.09 Å². The Kier molecular flexibility index (Phi) is 6.93. The molecule has 1 saturated heterocycles. The topological polar surface area (TPSA) is 87.7 Å². The third-order valence-electron chi connectivity index (χ3n) is 3.31. The lowest BCUT2D eigenvalue weighted by molar-refractivity contribution is -0.132. The van der Waals surface area contributed by atoms with Crippen LogP contribution in [0.25, 0.3) is 0 Å². The number of rotatable bonds is 6. The van der Waals surface area contributed by atoms with Gasteiger partial charge in [0.05, 0.1) is 11.8 Å². The van der Waals surface area contributed by atoms with Crippen LogP contribution >= 0.6 is 11.6 Å². The monoisotopic (exact) mass is 333 g/mol. The molecule has 0 aliphatic carbocycles. The number of alkyl halides is 1. The maximum Gasteiger partial charge on any atom is 0.407 e. The van der Waals surface area contributed by atoms with Crippen molar-refractivity contribution in [2.45, 2.75) is 32.7 Å². The lowest BCUT2D eigenvalue weighted by atomic mass is 10.1. The molecule has 22 heavy (non-hydrogen) atoms. The molecule has 2 N–H and O–H groups in total. The number of nitrogens with zero attached hydrogens (tertiary/aromatic N) is 1. The SMILES string of the molecule is CC(C)(C)N1CC(C(=O)NCCNC(=O)OCCCl)CC1=O. The molecule has 3 amide bonds. The van der Waals surface area contributed by atoms with Crippen LogP contribution in [0.15, 0.2) is 0 Å². The van der Waals surface area contributed by atoms with Crippen LogP contribution in [0.1, 0.15) is 27.2 Å². The summed E-state index contributed by atoms with van der Waals surface area (Å²) >= 11 is 5.38. The van der Waals surface area contributed by atoms with E-state index in [2.05, 4.69) is 10.6 Å². The highest BCUT2D eigenvalue weighted by Gasteiger charge is 2.39. The van der Waals surface area contributed by atoms with E-state index in [0.29, 0.717) is 6.54 Å². The zero-order valence-electron chi connectivity index (χ0n) is 13.3. The summed E-state index contributed by atoms with van der Waals surface area (Å²) < 4.78 is 4.72. The number of hydrogen-bond donors (Lipinski definition) is 2. The molecule has 1 heterocycles. The highest BCUT2D eigenvalue weighted by atomic mass is 35.5. The van der Waals surface area contributed by atoms with Crippen molar-refractivity contribution in [2.24, 2.45) is 5.92 Å². The van der Waals surface area contributed by atoms with E-state index in [1.54, 1.807) is 4.90 Å². The molecule has 1 aliphatic heterocycles. The van der Waals surface area contributed by atoms with E-state index >= 15 is 0 Å². The number of carbonyl (C=O) groups is 3. The fourth-order valence-corrected chi connectivity index (χ4v) is 2.29. The molecule has 1 fully saturated rings. The van der Waals surface area contributed by atoms with Crippen molar-refractivity contribution in [3.05, 3.63) is 0 Å². The lowest BCUT2D eigenvalue weighted by Crippen LogP contribution is -2.43. The Morgan fingerprint density at radius 1 is 1.32 bits per heavy atom. The lowest BCUT2D eigenvalue weighted by Gasteiger charge is -2.31. The van der Waals surface area contributed by atoms with Gasteiger partial charge in [-0.1, -0.05) is 0 Å². The second-order valence-electron chi connectivity index (χ2n) is 6.12. The fraction of sp³-hybridized carbons (Fsp3) is 0.786. The summed E-state index contributed by atoms with van der Waals surface area (Å²) in [5.41, 5.74) is -0.278. The number of amides is 3. The van der Waals surface area contributed by atoms with Crippen LogP contribution < -0.4 is 10.6 Å². The van der Waals surface area contributed by atoms with Crippen LogP contribution in [0.2, 0.25) is 0 Å². The fourth-order valence-electron chi connectivity index (χ4n) is 2.21. The van der Waals surface area contributed by atoms with Gasteiger partial charge in [-0.05, 0) is 20.8 Å². The zero-order chi connectivity index (χ0) is 16.8. The average molecular weight is 334 g/mol. The Balaban J connectivity index is 2.27. The number of halogens is 1. The molecule has 1 rings (SSSR count). The van der Waals surface area contributed by atoms with Crippen molar-refractivity contribution in [2.75, 3.05) is 32.1 Å². The average Bonchev–Trinajstić information content (AvgIpc) is 2.83. The number of hydrogen-bond acceptors (Lipinski definition) is 4. The summed E-state index contributed by atoms with van der Waals surface area (Å²) in [6, 6.07) is 0. The molecule has 0 aromatic rings. The van der Waals surface area contributed by atoms with Gasteiger partial charge in [-0.15, -0.1) is 11.6 Å². The number of nitrogens with one attached hydrogen (secondary N) is 2. The molecule has 0 aromatic heterocycles. The van der Waals surface area contributed by atoms with Crippen LogP contribution in [0.5, 0.6) is 0 Å². The van der Waals surface area contributed by atoms with Crippen molar-refractivity contribution in [3.63, 3.8) is 0 Å². The molecule has 0 radical (unpaired) electrons. The summed E-state index contributed by atoms with van der Waals surface area (Å²) in [5.74, 6) is -0.272. The van der Waals surface area contributed by atoms with Gasteiger partial charge in [0.1, 0.15) is 6.61 Å². The molecule has 1 aliphatic rings. The molecule has 0 bridgehead atoms. The van der Waals surface area contributed by atoms with Gasteiger partial charge >= 0.3 is 6.09 Å². The summed E-state index contributed by atoms with van der Waals surface area (Å²) in [7, 11) is 0. The molecule has 0 spiro atoms. The highest BCUT2D eigenvalue weighted by molar-refractivity contribution is 6.18. The molecule has 126 valence electrons. The first kappa shape index (κ1) is 18.5. The smallest absolute Gasteiger partial charge is 0.407 e. The Morgan fingerprint density at radius 2 is 1.95 bits per heavy atom. The van der Waals surface area contributed by atoms with E-state index in [4.69, 9.17) is 16.3 Å². The predicted molar refractivity (Wildman–Crippen MR) is 82.7 cm³/mol. The van der Waals surface area contributed by atoms with E-state index in [1.165, 1.54) is 0 Å².